The van der Waals surface area contributed by atoms with E-state index in [2.05, 4.69) is 12.2 Å². The summed E-state index contributed by atoms with van der Waals surface area (Å²) >= 11 is 0. The molecule has 29 heavy (non-hydrogen) atoms. The number of ether oxygens (including phenoxy) is 5. The van der Waals surface area contributed by atoms with Gasteiger partial charge in [0.15, 0.2) is 24.3 Å². The Balaban J connectivity index is 1.07. The Bertz CT molecular complexity index is 820. The monoisotopic (exact) mass is 402 g/mol. The van der Waals surface area contributed by atoms with Crippen LogP contribution in [0.2, 0.25) is 0 Å². The molecule has 7 rings (SSSR count). The van der Waals surface area contributed by atoms with Crippen LogP contribution in [0.5, 0.6) is 0 Å². The fourth-order valence-electron chi connectivity index (χ4n) is 7.83. The van der Waals surface area contributed by atoms with Gasteiger partial charge in [-0.15, -0.1) is 0 Å². The lowest BCUT2D eigenvalue weighted by Gasteiger charge is -2.36. The highest BCUT2D eigenvalue weighted by Crippen LogP contribution is 2.67. The SMILES string of the molecule is CC1(C)OC2OC3C(OC(=O)C4CC5CC4C4C6C=CC(C6)C54)C(=O)OC3C2O1. The number of hydrogen-bond acceptors (Lipinski definition) is 7. The number of esters is 2. The van der Waals surface area contributed by atoms with Gasteiger partial charge in [-0.2, -0.15) is 0 Å². The summed E-state index contributed by atoms with van der Waals surface area (Å²) in [5.74, 6) is 2.07. The van der Waals surface area contributed by atoms with Crippen LogP contribution in [0.1, 0.15) is 33.1 Å². The van der Waals surface area contributed by atoms with E-state index in [0.717, 1.165) is 24.7 Å². The molecule has 0 spiro atoms. The zero-order valence-electron chi connectivity index (χ0n) is 16.6. The molecule has 0 amide bonds. The predicted molar refractivity (Wildman–Crippen MR) is 95.9 cm³/mol. The second kappa shape index (κ2) is 5.42. The number of carbonyl (C=O) groups is 2. The van der Waals surface area contributed by atoms with Crippen molar-refractivity contribution in [3.63, 3.8) is 0 Å². The Morgan fingerprint density at radius 1 is 1.03 bits per heavy atom. The number of allylic oxidation sites excluding steroid dienone is 2. The fourth-order valence-corrected chi connectivity index (χ4v) is 7.83. The van der Waals surface area contributed by atoms with Gasteiger partial charge in [-0.05, 0) is 68.6 Å². The van der Waals surface area contributed by atoms with Gasteiger partial charge in [-0.25, -0.2) is 4.79 Å². The third kappa shape index (κ3) is 2.19. The smallest absolute Gasteiger partial charge is 0.350 e. The molecular formula is C22H26O7. The van der Waals surface area contributed by atoms with Crippen LogP contribution in [0.3, 0.4) is 0 Å². The molecule has 7 heteroatoms. The molecule has 0 aromatic rings. The normalized spacial score (nSPS) is 57.1. The molecule has 0 N–H and O–H groups in total. The summed E-state index contributed by atoms with van der Waals surface area (Å²) in [6.45, 7) is 3.59. The van der Waals surface area contributed by atoms with Crippen molar-refractivity contribution < 1.29 is 33.3 Å². The van der Waals surface area contributed by atoms with Crippen LogP contribution >= 0.6 is 0 Å². The van der Waals surface area contributed by atoms with E-state index in [9.17, 15) is 9.59 Å². The van der Waals surface area contributed by atoms with Crippen molar-refractivity contribution in [2.75, 3.05) is 0 Å². The number of rotatable bonds is 2. The van der Waals surface area contributed by atoms with Crippen LogP contribution in [-0.2, 0) is 33.3 Å². The average Bonchev–Trinajstić information content (AvgIpc) is 3.46. The molecule has 6 fully saturated rings. The van der Waals surface area contributed by atoms with E-state index in [1.54, 1.807) is 13.8 Å². The second-order valence-corrected chi connectivity index (χ2v) is 10.4. The Morgan fingerprint density at radius 3 is 2.66 bits per heavy atom. The minimum absolute atomic E-state index is 0.104. The Kier molecular flexibility index (Phi) is 3.23. The molecule has 3 saturated carbocycles. The Morgan fingerprint density at radius 2 is 1.83 bits per heavy atom. The molecule has 0 aromatic carbocycles. The Hall–Kier alpha value is -1.44. The average molecular weight is 402 g/mol. The summed E-state index contributed by atoms with van der Waals surface area (Å²) in [5.41, 5.74) is 0. The van der Waals surface area contributed by atoms with Crippen molar-refractivity contribution in [2.24, 2.45) is 41.4 Å². The van der Waals surface area contributed by atoms with E-state index in [1.807, 2.05) is 0 Å². The summed E-state index contributed by atoms with van der Waals surface area (Å²) in [6.07, 6.45) is 4.69. The molecule has 4 aliphatic carbocycles. The lowest BCUT2D eigenvalue weighted by Crippen LogP contribution is -2.41. The molecular weight excluding hydrogens is 376 g/mol. The van der Waals surface area contributed by atoms with Gasteiger partial charge in [0.1, 0.15) is 6.10 Å². The van der Waals surface area contributed by atoms with Gasteiger partial charge in [0.2, 0.25) is 6.10 Å². The van der Waals surface area contributed by atoms with E-state index < -0.39 is 42.5 Å². The zero-order valence-corrected chi connectivity index (χ0v) is 16.6. The minimum Gasteiger partial charge on any atom is -0.454 e. The lowest BCUT2D eigenvalue weighted by atomic mass is 9.69. The maximum absolute atomic E-state index is 13.1. The third-order valence-corrected chi connectivity index (χ3v) is 8.63. The van der Waals surface area contributed by atoms with Gasteiger partial charge in [0.05, 0.1) is 5.92 Å². The quantitative estimate of drug-likeness (QED) is 0.396. The predicted octanol–water partition coefficient (Wildman–Crippen LogP) is 1.79. The fraction of sp³-hybridized carbons (Fsp3) is 0.818. The van der Waals surface area contributed by atoms with E-state index in [4.69, 9.17) is 23.7 Å². The molecule has 0 aromatic heterocycles. The van der Waals surface area contributed by atoms with Crippen molar-refractivity contribution >= 4 is 11.9 Å². The maximum Gasteiger partial charge on any atom is 0.350 e. The maximum atomic E-state index is 13.1. The van der Waals surface area contributed by atoms with Crippen molar-refractivity contribution in [3.05, 3.63) is 12.2 Å². The Labute approximate surface area is 169 Å². The first-order chi connectivity index (χ1) is 13.9. The highest BCUT2D eigenvalue weighted by molar-refractivity contribution is 5.83. The summed E-state index contributed by atoms with van der Waals surface area (Å²) < 4.78 is 28.7. The van der Waals surface area contributed by atoms with E-state index in [1.165, 1.54) is 6.42 Å². The van der Waals surface area contributed by atoms with Gasteiger partial charge in [0.25, 0.3) is 0 Å². The highest BCUT2D eigenvalue weighted by Gasteiger charge is 2.66. The first-order valence-electron chi connectivity index (χ1n) is 11.0. The molecule has 156 valence electrons. The molecule has 0 radical (unpaired) electrons. The molecule has 7 aliphatic rings. The highest BCUT2D eigenvalue weighted by atomic mass is 16.8. The van der Waals surface area contributed by atoms with Crippen LogP contribution in [0.25, 0.3) is 0 Å². The molecule has 7 nitrogen and oxygen atoms in total. The van der Waals surface area contributed by atoms with Crippen LogP contribution in [0.15, 0.2) is 12.2 Å². The van der Waals surface area contributed by atoms with Crippen LogP contribution in [0, 0.1) is 41.4 Å². The van der Waals surface area contributed by atoms with Crippen molar-refractivity contribution in [3.8, 4) is 0 Å². The first kappa shape index (κ1) is 17.3. The molecule has 3 aliphatic heterocycles. The zero-order chi connectivity index (χ0) is 19.7. The third-order valence-electron chi connectivity index (χ3n) is 8.63. The van der Waals surface area contributed by atoms with Gasteiger partial charge < -0.3 is 23.7 Å². The van der Waals surface area contributed by atoms with Crippen LogP contribution < -0.4 is 0 Å². The number of carbonyl (C=O) groups excluding carboxylic acids is 2. The minimum atomic E-state index is -1.02. The largest absolute Gasteiger partial charge is 0.454 e. The van der Waals surface area contributed by atoms with Crippen molar-refractivity contribution in [2.45, 2.75) is 69.6 Å². The second-order valence-electron chi connectivity index (χ2n) is 10.4. The van der Waals surface area contributed by atoms with E-state index in [0.29, 0.717) is 23.7 Å². The number of fused-ring (bicyclic) bond motifs is 12. The molecule has 12 atom stereocenters. The summed E-state index contributed by atoms with van der Waals surface area (Å²) in [6, 6.07) is 0. The van der Waals surface area contributed by atoms with Crippen LogP contribution in [-0.4, -0.2) is 48.4 Å². The van der Waals surface area contributed by atoms with Gasteiger partial charge in [0, 0.05) is 0 Å². The van der Waals surface area contributed by atoms with E-state index in [-0.39, 0.29) is 11.9 Å². The van der Waals surface area contributed by atoms with Crippen LogP contribution in [0.4, 0.5) is 0 Å². The summed E-state index contributed by atoms with van der Waals surface area (Å²) in [4.78, 5) is 25.6. The topological polar surface area (TPSA) is 80.3 Å². The summed E-state index contributed by atoms with van der Waals surface area (Å²) in [5, 5.41) is 0. The van der Waals surface area contributed by atoms with Gasteiger partial charge >= 0.3 is 11.9 Å². The van der Waals surface area contributed by atoms with Gasteiger partial charge in [-0.1, -0.05) is 12.2 Å². The van der Waals surface area contributed by atoms with Gasteiger partial charge in [-0.3, -0.25) is 4.79 Å². The summed E-state index contributed by atoms with van der Waals surface area (Å²) in [7, 11) is 0. The molecule has 12 unspecified atom stereocenters. The van der Waals surface area contributed by atoms with E-state index >= 15 is 0 Å². The first-order valence-corrected chi connectivity index (χ1v) is 11.0. The molecule has 3 saturated heterocycles. The molecule has 4 bridgehead atoms. The van der Waals surface area contributed by atoms with Crippen molar-refractivity contribution in [1.82, 2.24) is 0 Å². The molecule has 3 heterocycles. The number of hydrogen-bond donors (Lipinski definition) is 0. The standard InChI is InChI=1S/C22H26O7/c1-22(2)28-18-16-15(27-21(18)29-22)17(20(24)25-16)26-19(23)12-7-10-6-11(12)14-9-4-3-8(5-9)13(10)14/h3-4,8-18,21H,5-7H2,1-2H3. The lowest BCUT2D eigenvalue weighted by molar-refractivity contribution is -0.217. The van der Waals surface area contributed by atoms with Crippen molar-refractivity contribution in [1.29, 1.82) is 0 Å².